The van der Waals surface area contributed by atoms with E-state index < -0.39 is 5.91 Å². The minimum atomic E-state index is -0.404. The van der Waals surface area contributed by atoms with Crippen LogP contribution in [0.3, 0.4) is 0 Å². The first-order valence-corrected chi connectivity index (χ1v) is 8.47. The minimum absolute atomic E-state index is 0.0793. The fraction of sp³-hybridized carbons (Fsp3) is 0.200. The molecule has 5 heteroatoms. The van der Waals surface area contributed by atoms with Crippen LogP contribution in [0.2, 0.25) is 5.02 Å². The number of nitriles is 1. The second-order valence-electron chi connectivity index (χ2n) is 6.02. The molecule has 2 aromatic rings. The predicted molar refractivity (Wildman–Crippen MR) is 99.1 cm³/mol. The van der Waals surface area contributed by atoms with Crippen LogP contribution in [0.5, 0.6) is 0 Å². The first kappa shape index (κ1) is 17.1. The van der Waals surface area contributed by atoms with Crippen molar-refractivity contribution in [1.29, 1.82) is 5.26 Å². The highest BCUT2D eigenvalue weighted by atomic mass is 35.5. The summed E-state index contributed by atoms with van der Waals surface area (Å²) in [5.41, 5.74) is 3.16. The number of nitrogens with one attached hydrogen (secondary N) is 1. The van der Waals surface area contributed by atoms with E-state index in [1.165, 1.54) is 5.56 Å². The van der Waals surface area contributed by atoms with Gasteiger partial charge in [0.15, 0.2) is 0 Å². The number of nitrogens with zero attached hydrogens (tertiary/aromatic N) is 2. The highest BCUT2D eigenvalue weighted by molar-refractivity contribution is 6.31. The molecule has 1 heterocycles. The van der Waals surface area contributed by atoms with E-state index in [1.54, 1.807) is 12.3 Å². The lowest BCUT2D eigenvalue weighted by Crippen LogP contribution is -2.28. The van der Waals surface area contributed by atoms with Crippen LogP contribution in [0.15, 0.2) is 60.3 Å². The number of hydrogen-bond acceptors (Lipinski definition) is 3. The molecule has 2 aromatic carbocycles. The van der Waals surface area contributed by atoms with Gasteiger partial charge in [-0.25, -0.2) is 0 Å². The van der Waals surface area contributed by atoms with Crippen LogP contribution in [-0.4, -0.2) is 11.9 Å². The van der Waals surface area contributed by atoms with Gasteiger partial charge in [-0.2, -0.15) is 5.26 Å². The smallest absolute Gasteiger partial charge is 0.263 e. The maximum atomic E-state index is 12.4. The topological polar surface area (TPSA) is 56.1 Å². The van der Waals surface area contributed by atoms with E-state index in [2.05, 4.69) is 18.3 Å². The summed E-state index contributed by atoms with van der Waals surface area (Å²) >= 11 is 6.09. The number of carbonyl (C=O) groups is 1. The summed E-state index contributed by atoms with van der Waals surface area (Å²) in [6, 6.07) is 17.6. The van der Waals surface area contributed by atoms with Crippen LogP contribution >= 0.6 is 11.6 Å². The van der Waals surface area contributed by atoms with Gasteiger partial charge in [-0.15, -0.1) is 0 Å². The van der Waals surface area contributed by atoms with Gasteiger partial charge in [0.05, 0.1) is 0 Å². The molecule has 0 aromatic heterocycles. The van der Waals surface area contributed by atoms with Gasteiger partial charge in [-0.05, 0) is 36.6 Å². The Morgan fingerprint density at radius 3 is 2.80 bits per heavy atom. The Labute approximate surface area is 152 Å². The summed E-state index contributed by atoms with van der Waals surface area (Å²) in [7, 11) is 0. The lowest BCUT2D eigenvalue weighted by molar-refractivity contribution is -0.117. The van der Waals surface area contributed by atoms with Gasteiger partial charge in [0.1, 0.15) is 11.6 Å². The highest BCUT2D eigenvalue weighted by Gasteiger charge is 2.25. The third kappa shape index (κ3) is 3.67. The molecule has 1 aliphatic rings. The number of halogens is 1. The summed E-state index contributed by atoms with van der Waals surface area (Å²) in [6.07, 6.45) is 2.53. The van der Waals surface area contributed by atoms with Crippen LogP contribution in [0.4, 0.5) is 5.69 Å². The molecule has 0 saturated carbocycles. The van der Waals surface area contributed by atoms with Crippen molar-refractivity contribution in [3.8, 4) is 6.07 Å². The van der Waals surface area contributed by atoms with Crippen LogP contribution in [-0.2, 0) is 17.8 Å². The summed E-state index contributed by atoms with van der Waals surface area (Å²) in [5, 5.41) is 12.8. The average molecular weight is 352 g/mol. The fourth-order valence-electron chi connectivity index (χ4n) is 2.98. The van der Waals surface area contributed by atoms with Gasteiger partial charge in [-0.3, -0.25) is 4.79 Å². The third-order valence-electron chi connectivity index (χ3n) is 4.29. The molecule has 3 rings (SSSR count). The number of amides is 1. The second-order valence-corrected chi connectivity index (χ2v) is 6.42. The van der Waals surface area contributed by atoms with Crippen LogP contribution in [0.1, 0.15) is 18.1 Å². The Kier molecular flexibility index (Phi) is 5.06. The molecule has 25 heavy (non-hydrogen) atoms. The van der Waals surface area contributed by atoms with Gasteiger partial charge in [0.2, 0.25) is 0 Å². The first-order valence-electron chi connectivity index (χ1n) is 8.10. The molecule has 4 nitrogen and oxygen atoms in total. The monoisotopic (exact) mass is 351 g/mol. The molecule has 1 unspecified atom stereocenters. The lowest BCUT2D eigenvalue weighted by Gasteiger charge is -2.20. The average Bonchev–Trinajstić information content (AvgIpc) is 2.94. The Hall–Kier alpha value is -2.77. The van der Waals surface area contributed by atoms with Crippen molar-refractivity contribution >= 4 is 23.2 Å². The Morgan fingerprint density at radius 1 is 1.32 bits per heavy atom. The number of rotatable bonds is 4. The van der Waals surface area contributed by atoms with Crippen molar-refractivity contribution in [2.75, 3.05) is 4.90 Å². The van der Waals surface area contributed by atoms with Gasteiger partial charge in [-0.1, -0.05) is 48.0 Å². The zero-order valence-corrected chi connectivity index (χ0v) is 14.6. The zero-order chi connectivity index (χ0) is 17.8. The number of benzene rings is 2. The summed E-state index contributed by atoms with van der Waals surface area (Å²) in [6.45, 7) is 2.36. The molecule has 126 valence electrons. The summed E-state index contributed by atoms with van der Waals surface area (Å²) in [4.78, 5) is 14.4. The van der Waals surface area contributed by atoms with Gasteiger partial charge in [0, 0.05) is 29.5 Å². The number of carbonyl (C=O) groups excluding carboxylic acids is 1. The molecular weight excluding hydrogens is 334 g/mol. The van der Waals surface area contributed by atoms with Crippen molar-refractivity contribution in [3.63, 3.8) is 0 Å². The molecule has 1 amide bonds. The van der Waals surface area contributed by atoms with E-state index in [-0.39, 0.29) is 18.2 Å². The van der Waals surface area contributed by atoms with E-state index in [4.69, 9.17) is 11.6 Å². The Balaban J connectivity index is 1.76. The Bertz CT molecular complexity index is 869. The van der Waals surface area contributed by atoms with E-state index in [1.807, 2.05) is 47.4 Å². The maximum absolute atomic E-state index is 12.4. The summed E-state index contributed by atoms with van der Waals surface area (Å²) in [5.74, 6) is -0.404. The van der Waals surface area contributed by atoms with E-state index >= 15 is 0 Å². The molecule has 0 radical (unpaired) electrons. The molecule has 0 aliphatic carbocycles. The quantitative estimate of drug-likeness (QED) is 0.673. The summed E-state index contributed by atoms with van der Waals surface area (Å²) < 4.78 is 0. The fourth-order valence-corrected chi connectivity index (χ4v) is 3.18. The molecule has 0 spiro atoms. The number of para-hydroxylation sites is 1. The van der Waals surface area contributed by atoms with Gasteiger partial charge < -0.3 is 10.2 Å². The van der Waals surface area contributed by atoms with Crippen LogP contribution in [0, 0.1) is 11.3 Å². The lowest BCUT2D eigenvalue weighted by atomic mass is 10.1. The van der Waals surface area contributed by atoms with Gasteiger partial charge >= 0.3 is 0 Å². The molecular formula is C20H18ClN3O. The van der Waals surface area contributed by atoms with Gasteiger partial charge in [0.25, 0.3) is 5.91 Å². The van der Waals surface area contributed by atoms with E-state index in [0.717, 1.165) is 17.7 Å². The minimum Gasteiger partial charge on any atom is -0.347 e. The SMILES string of the molecule is CC1Cc2ccccc2N1/C=C(/C#N)C(=O)NCc1ccccc1Cl. The number of hydrogen-bond donors (Lipinski definition) is 1. The standard InChI is InChI=1S/C20H18ClN3O/c1-14-10-15-6-3-5-9-19(15)24(14)13-17(11-22)20(25)23-12-16-7-2-4-8-18(16)21/h2-9,13-14H,10,12H2,1H3,(H,23,25)/b17-13-. The van der Waals surface area contributed by atoms with Crippen molar-refractivity contribution in [1.82, 2.24) is 5.32 Å². The van der Waals surface area contributed by atoms with Crippen molar-refractivity contribution < 1.29 is 4.79 Å². The number of fused-ring (bicyclic) bond motifs is 1. The molecule has 0 bridgehead atoms. The molecule has 1 atom stereocenters. The zero-order valence-electron chi connectivity index (χ0n) is 13.9. The van der Waals surface area contributed by atoms with E-state index in [9.17, 15) is 10.1 Å². The maximum Gasteiger partial charge on any atom is 0.263 e. The molecule has 1 aliphatic heterocycles. The Morgan fingerprint density at radius 2 is 2.04 bits per heavy atom. The molecule has 1 N–H and O–H groups in total. The normalized spacial score (nSPS) is 16.3. The van der Waals surface area contributed by atoms with Crippen LogP contribution in [0.25, 0.3) is 0 Å². The second kappa shape index (κ2) is 7.42. The van der Waals surface area contributed by atoms with Crippen LogP contribution < -0.4 is 10.2 Å². The largest absolute Gasteiger partial charge is 0.347 e. The van der Waals surface area contributed by atoms with Crippen molar-refractivity contribution in [2.45, 2.75) is 25.9 Å². The third-order valence-corrected chi connectivity index (χ3v) is 4.66. The van der Waals surface area contributed by atoms with Crippen molar-refractivity contribution in [2.24, 2.45) is 0 Å². The molecule has 0 saturated heterocycles. The number of anilines is 1. The first-order chi connectivity index (χ1) is 12.1. The highest BCUT2D eigenvalue weighted by Crippen LogP contribution is 2.32. The molecule has 0 fully saturated rings. The predicted octanol–water partition coefficient (Wildman–Crippen LogP) is 3.81. The van der Waals surface area contributed by atoms with Crippen molar-refractivity contribution in [3.05, 3.63) is 76.5 Å². The van der Waals surface area contributed by atoms with E-state index in [0.29, 0.717) is 5.02 Å².